The Bertz CT molecular complexity index is 712. The van der Waals surface area contributed by atoms with Gasteiger partial charge in [-0.05, 0) is 36.0 Å². The number of rotatable bonds is 6. The van der Waals surface area contributed by atoms with E-state index in [0.29, 0.717) is 6.61 Å². The molecule has 3 aromatic rings. The number of benzene rings is 3. The summed E-state index contributed by atoms with van der Waals surface area (Å²) in [7, 11) is 0. The maximum atomic E-state index is 6.39. The number of hydrogen-bond donors (Lipinski definition) is 0. The van der Waals surface area contributed by atoms with Crippen LogP contribution in [-0.2, 0) is 14.9 Å². The lowest BCUT2D eigenvalue weighted by Gasteiger charge is -2.37. The van der Waals surface area contributed by atoms with Crippen LogP contribution in [0, 0.1) is 0 Å². The zero-order chi connectivity index (χ0) is 18.4. The maximum Gasteiger partial charge on any atom is 0.157 e. The molecule has 1 aliphatic heterocycles. The molecule has 0 amide bonds. The smallest absolute Gasteiger partial charge is 0.157 e. The quantitative estimate of drug-likeness (QED) is 0.537. The van der Waals surface area contributed by atoms with Crippen LogP contribution >= 0.6 is 0 Å². The van der Waals surface area contributed by atoms with Gasteiger partial charge in [0.1, 0.15) is 0 Å². The van der Waals surface area contributed by atoms with Gasteiger partial charge in [-0.15, -0.1) is 0 Å². The molecule has 1 heterocycles. The standard InChI is InChI=1S/C25H26O2/c1-4-12-21(13-5-1)25(22-14-6-2-7-15-22,23-16-8-3-9-17-23)20-27-24-18-10-11-19-26-24/h1-9,12-17,24H,10-11,18-20H2. The van der Waals surface area contributed by atoms with E-state index < -0.39 is 0 Å². The lowest BCUT2D eigenvalue weighted by molar-refractivity contribution is -0.167. The van der Waals surface area contributed by atoms with Gasteiger partial charge in [0.15, 0.2) is 6.29 Å². The van der Waals surface area contributed by atoms with E-state index in [0.717, 1.165) is 19.4 Å². The number of hydrogen-bond acceptors (Lipinski definition) is 2. The zero-order valence-electron chi connectivity index (χ0n) is 15.6. The van der Waals surface area contributed by atoms with Crippen LogP contribution in [-0.4, -0.2) is 19.5 Å². The van der Waals surface area contributed by atoms with Crippen LogP contribution in [0.2, 0.25) is 0 Å². The van der Waals surface area contributed by atoms with E-state index in [1.54, 1.807) is 0 Å². The van der Waals surface area contributed by atoms with Gasteiger partial charge in [-0.1, -0.05) is 91.0 Å². The lowest BCUT2D eigenvalue weighted by atomic mass is 9.70. The van der Waals surface area contributed by atoms with E-state index in [1.807, 2.05) is 0 Å². The Balaban J connectivity index is 1.81. The van der Waals surface area contributed by atoms with Crippen molar-refractivity contribution in [2.75, 3.05) is 13.2 Å². The molecule has 1 saturated heterocycles. The highest BCUT2D eigenvalue weighted by atomic mass is 16.7. The molecule has 1 unspecified atom stereocenters. The minimum absolute atomic E-state index is 0.116. The van der Waals surface area contributed by atoms with Crippen LogP contribution in [0.25, 0.3) is 0 Å². The summed E-state index contributed by atoms with van der Waals surface area (Å²) >= 11 is 0. The molecule has 2 nitrogen and oxygen atoms in total. The SMILES string of the molecule is c1ccc(C(COC2CCCCO2)(c2ccccc2)c2ccccc2)cc1. The fourth-order valence-electron chi connectivity index (χ4n) is 3.98. The second kappa shape index (κ2) is 8.51. The van der Waals surface area contributed by atoms with Crippen molar-refractivity contribution in [2.45, 2.75) is 31.0 Å². The topological polar surface area (TPSA) is 18.5 Å². The van der Waals surface area contributed by atoms with Crippen LogP contribution < -0.4 is 0 Å². The van der Waals surface area contributed by atoms with E-state index in [-0.39, 0.29) is 11.7 Å². The molecule has 0 aliphatic carbocycles. The molecule has 0 aromatic heterocycles. The molecular weight excluding hydrogens is 332 g/mol. The van der Waals surface area contributed by atoms with Crippen LogP contribution in [0.3, 0.4) is 0 Å². The highest BCUT2D eigenvalue weighted by Crippen LogP contribution is 2.40. The van der Waals surface area contributed by atoms with Crippen molar-refractivity contribution in [1.29, 1.82) is 0 Å². The van der Waals surface area contributed by atoms with Crippen molar-refractivity contribution in [3.05, 3.63) is 108 Å². The van der Waals surface area contributed by atoms with Gasteiger partial charge in [0.25, 0.3) is 0 Å². The van der Waals surface area contributed by atoms with E-state index in [9.17, 15) is 0 Å². The third-order valence-electron chi connectivity index (χ3n) is 5.42. The highest BCUT2D eigenvalue weighted by Gasteiger charge is 2.37. The molecule has 0 bridgehead atoms. The minimum atomic E-state index is -0.370. The van der Waals surface area contributed by atoms with Gasteiger partial charge in [-0.2, -0.15) is 0 Å². The molecule has 27 heavy (non-hydrogen) atoms. The molecule has 0 saturated carbocycles. The van der Waals surface area contributed by atoms with E-state index >= 15 is 0 Å². The zero-order valence-corrected chi connectivity index (χ0v) is 15.6. The summed E-state index contributed by atoms with van der Waals surface area (Å²) in [5.74, 6) is 0. The van der Waals surface area contributed by atoms with Gasteiger partial charge in [0, 0.05) is 6.61 Å². The van der Waals surface area contributed by atoms with Crippen LogP contribution in [0.4, 0.5) is 0 Å². The van der Waals surface area contributed by atoms with Gasteiger partial charge in [0.2, 0.25) is 0 Å². The summed E-state index contributed by atoms with van der Waals surface area (Å²) < 4.78 is 12.2. The number of ether oxygens (including phenoxy) is 2. The molecule has 0 N–H and O–H groups in total. The third-order valence-corrected chi connectivity index (χ3v) is 5.42. The fourth-order valence-corrected chi connectivity index (χ4v) is 3.98. The Labute approximate surface area is 161 Å². The third kappa shape index (κ3) is 3.83. The van der Waals surface area contributed by atoms with Crippen molar-refractivity contribution in [1.82, 2.24) is 0 Å². The van der Waals surface area contributed by atoms with E-state index in [2.05, 4.69) is 91.0 Å². The van der Waals surface area contributed by atoms with Crippen LogP contribution in [0.15, 0.2) is 91.0 Å². The van der Waals surface area contributed by atoms with Crippen molar-refractivity contribution >= 4 is 0 Å². The minimum Gasteiger partial charge on any atom is -0.353 e. The summed E-state index contributed by atoms with van der Waals surface area (Å²) in [5, 5.41) is 0. The Morgan fingerprint density at radius 1 is 0.704 bits per heavy atom. The van der Waals surface area contributed by atoms with Gasteiger partial charge < -0.3 is 9.47 Å². The molecule has 1 aliphatic rings. The van der Waals surface area contributed by atoms with Gasteiger partial charge >= 0.3 is 0 Å². The Kier molecular flexibility index (Phi) is 5.66. The average Bonchev–Trinajstić information content (AvgIpc) is 2.77. The first-order valence-electron chi connectivity index (χ1n) is 9.79. The highest BCUT2D eigenvalue weighted by molar-refractivity contribution is 5.50. The first kappa shape index (κ1) is 18.0. The van der Waals surface area contributed by atoms with Crippen LogP contribution in [0.1, 0.15) is 36.0 Å². The molecule has 0 spiro atoms. The molecule has 1 fully saturated rings. The molecule has 0 radical (unpaired) electrons. The van der Waals surface area contributed by atoms with Crippen molar-refractivity contribution in [3.63, 3.8) is 0 Å². The Morgan fingerprint density at radius 3 is 1.59 bits per heavy atom. The first-order chi connectivity index (χ1) is 13.4. The van der Waals surface area contributed by atoms with Gasteiger partial charge in [-0.3, -0.25) is 0 Å². The Morgan fingerprint density at radius 2 is 1.19 bits per heavy atom. The maximum absolute atomic E-state index is 6.39. The predicted molar refractivity (Wildman–Crippen MR) is 109 cm³/mol. The first-order valence-corrected chi connectivity index (χ1v) is 9.79. The summed E-state index contributed by atoms with van der Waals surface area (Å²) in [4.78, 5) is 0. The molecule has 1 atom stereocenters. The molecule has 2 heteroatoms. The normalized spacial score (nSPS) is 17.6. The molecule has 138 valence electrons. The second-order valence-corrected chi connectivity index (χ2v) is 7.11. The predicted octanol–water partition coefficient (Wildman–Crippen LogP) is 5.56. The molecule has 3 aromatic carbocycles. The van der Waals surface area contributed by atoms with Crippen LogP contribution in [0.5, 0.6) is 0 Å². The summed E-state index contributed by atoms with van der Waals surface area (Å²) in [6.45, 7) is 1.34. The summed E-state index contributed by atoms with van der Waals surface area (Å²) in [6, 6.07) is 32.0. The average molecular weight is 358 g/mol. The second-order valence-electron chi connectivity index (χ2n) is 7.11. The van der Waals surface area contributed by atoms with Crippen molar-refractivity contribution in [2.24, 2.45) is 0 Å². The fraction of sp³-hybridized carbons (Fsp3) is 0.280. The Hall–Kier alpha value is -2.42. The summed E-state index contributed by atoms with van der Waals surface area (Å²) in [6.07, 6.45) is 3.14. The van der Waals surface area contributed by atoms with Gasteiger partial charge in [-0.25, -0.2) is 0 Å². The monoisotopic (exact) mass is 358 g/mol. The van der Waals surface area contributed by atoms with Crippen molar-refractivity contribution < 1.29 is 9.47 Å². The van der Waals surface area contributed by atoms with E-state index in [1.165, 1.54) is 23.1 Å². The van der Waals surface area contributed by atoms with Crippen molar-refractivity contribution in [3.8, 4) is 0 Å². The largest absolute Gasteiger partial charge is 0.353 e. The molecular formula is C25H26O2. The molecule has 4 rings (SSSR count). The lowest BCUT2D eigenvalue weighted by Crippen LogP contribution is -2.37. The van der Waals surface area contributed by atoms with E-state index in [4.69, 9.17) is 9.47 Å². The van der Waals surface area contributed by atoms with Gasteiger partial charge in [0.05, 0.1) is 12.0 Å². The summed E-state index contributed by atoms with van der Waals surface area (Å²) in [5.41, 5.74) is 3.33.